The molecule has 1 N–H and O–H groups in total. The Morgan fingerprint density at radius 2 is 1.74 bits per heavy atom. The van der Waals surface area contributed by atoms with Crippen LogP contribution in [0.3, 0.4) is 0 Å². The molecular weight excluding hydrogens is 605 g/mol. The molecule has 0 bridgehead atoms. The molecule has 1 fully saturated rings. The third-order valence-corrected chi connectivity index (χ3v) is 6.39. The number of hydrogen-bond acceptors (Lipinski definition) is 5. The number of anilines is 1. The summed E-state index contributed by atoms with van der Waals surface area (Å²) in [5.74, 6) is -1.48. The van der Waals surface area contributed by atoms with Gasteiger partial charge in [0.2, 0.25) is 0 Å². The lowest BCUT2D eigenvalue weighted by atomic mass is 10.1. The van der Waals surface area contributed by atoms with E-state index in [2.05, 4.69) is 15.9 Å². The number of nitrogens with one attached hydrogen (secondary N) is 1. The number of alkyl halides is 3. The molecule has 0 radical (unpaired) electrons. The average molecular weight is 624 g/mol. The quantitative estimate of drug-likeness (QED) is 0.232. The summed E-state index contributed by atoms with van der Waals surface area (Å²) in [7, 11) is 0. The molecule has 1 aliphatic rings. The number of carbonyl (C=O) groups is 3. The Bertz CT molecular complexity index is 1480. The highest BCUT2D eigenvalue weighted by Gasteiger charge is 2.39. The fourth-order valence-electron chi connectivity index (χ4n) is 3.71. The van der Waals surface area contributed by atoms with Crippen LogP contribution in [0.5, 0.6) is 11.5 Å². The zero-order valence-corrected chi connectivity index (χ0v) is 22.5. The van der Waals surface area contributed by atoms with Crippen LogP contribution in [0.15, 0.2) is 70.7 Å². The molecular formula is C27H19BrClF3N2O5. The molecule has 0 unspecified atom stereocenters. The first kappa shape index (κ1) is 28.2. The first-order chi connectivity index (χ1) is 18.5. The third-order valence-electron chi connectivity index (χ3n) is 5.48. The van der Waals surface area contributed by atoms with Gasteiger partial charge in [0.05, 0.1) is 27.4 Å². The minimum Gasteiger partial charge on any atom is -0.490 e. The lowest BCUT2D eigenvalue weighted by Crippen LogP contribution is -2.54. The van der Waals surface area contributed by atoms with Gasteiger partial charge in [0, 0.05) is 0 Å². The molecule has 0 spiro atoms. The molecule has 7 nitrogen and oxygen atoms in total. The Morgan fingerprint density at radius 1 is 1.03 bits per heavy atom. The molecule has 3 aromatic carbocycles. The maximum Gasteiger partial charge on any atom is 0.416 e. The van der Waals surface area contributed by atoms with Crippen LogP contribution in [-0.2, 0) is 22.4 Å². The highest BCUT2D eigenvalue weighted by Crippen LogP contribution is 2.39. The second-order valence-electron chi connectivity index (χ2n) is 8.16. The van der Waals surface area contributed by atoms with Gasteiger partial charge < -0.3 is 9.47 Å². The van der Waals surface area contributed by atoms with Gasteiger partial charge in [-0.05, 0) is 70.4 Å². The zero-order chi connectivity index (χ0) is 28.3. The van der Waals surface area contributed by atoms with Crippen molar-refractivity contribution in [3.8, 4) is 11.5 Å². The van der Waals surface area contributed by atoms with E-state index < -0.39 is 40.8 Å². The Hall–Kier alpha value is -3.83. The van der Waals surface area contributed by atoms with Gasteiger partial charge in [-0.15, -0.1) is 0 Å². The average Bonchev–Trinajstić information content (AvgIpc) is 2.87. The number of nitrogens with zero attached hydrogens (tertiary/aromatic N) is 1. The fraction of sp³-hybridized carbons (Fsp3) is 0.148. The predicted octanol–water partition coefficient (Wildman–Crippen LogP) is 6.77. The Balaban J connectivity index is 1.70. The third kappa shape index (κ3) is 6.26. The minimum atomic E-state index is -4.75. The van der Waals surface area contributed by atoms with Gasteiger partial charge in [-0.25, -0.2) is 9.69 Å². The van der Waals surface area contributed by atoms with E-state index in [0.717, 1.165) is 11.6 Å². The van der Waals surface area contributed by atoms with Gasteiger partial charge in [0.25, 0.3) is 11.8 Å². The van der Waals surface area contributed by atoms with E-state index in [1.807, 2.05) is 35.6 Å². The van der Waals surface area contributed by atoms with Crippen LogP contribution >= 0.6 is 27.5 Å². The Morgan fingerprint density at radius 3 is 2.41 bits per heavy atom. The highest BCUT2D eigenvalue weighted by molar-refractivity contribution is 9.10. The van der Waals surface area contributed by atoms with Gasteiger partial charge in [-0.1, -0.05) is 41.9 Å². The molecule has 0 aromatic heterocycles. The summed E-state index contributed by atoms with van der Waals surface area (Å²) in [6, 6.07) is 13.5. The topological polar surface area (TPSA) is 84.9 Å². The summed E-state index contributed by atoms with van der Waals surface area (Å²) in [5.41, 5.74) is -0.911. The Kier molecular flexibility index (Phi) is 8.31. The molecule has 1 aliphatic heterocycles. The van der Waals surface area contributed by atoms with Crippen LogP contribution in [0.4, 0.5) is 23.7 Å². The van der Waals surface area contributed by atoms with Crippen molar-refractivity contribution in [3.63, 3.8) is 0 Å². The van der Waals surface area contributed by atoms with Gasteiger partial charge >= 0.3 is 12.2 Å². The molecule has 202 valence electrons. The van der Waals surface area contributed by atoms with Crippen molar-refractivity contribution in [3.05, 3.63) is 92.4 Å². The van der Waals surface area contributed by atoms with E-state index in [1.54, 1.807) is 13.0 Å². The number of hydrogen-bond donors (Lipinski definition) is 1. The van der Waals surface area contributed by atoms with Crippen molar-refractivity contribution in [1.82, 2.24) is 5.32 Å². The van der Waals surface area contributed by atoms with E-state index in [1.165, 1.54) is 12.1 Å². The molecule has 12 heteroatoms. The molecule has 1 heterocycles. The summed E-state index contributed by atoms with van der Waals surface area (Å²) >= 11 is 9.46. The fourth-order valence-corrected chi connectivity index (χ4v) is 4.48. The molecule has 1 saturated heterocycles. The number of imide groups is 2. The summed E-state index contributed by atoms with van der Waals surface area (Å²) in [6.45, 7) is 2.29. The molecule has 4 amide bonds. The lowest BCUT2D eigenvalue weighted by molar-refractivity contribution is -0.137. The number of ether oxygens (including phenoxy) is 2. The number of carbonyl (C=O) groups excluding carboxylic acids is 3. The highest BCUT2D eigenvalue weighted by atomic mass is 79.9. The van der Waals surface area contributed by atoms with Crippen LogP contribution < -0.4 is 19.7 Å². The summed E-state index contributed by atoms with van der Waals surface area (Å²) in [6.07, 6.45) is -3.57. The van der Waals surface area contributed by atoms with Crippen molar-refractivity contribution in [2.45, 2.75) is 19.7 Å². The first-order valence-corrected chi connectivity index (χ1v) is 12.6. The number of barbiturate groups is 1. The maximum atomic E-state index is 13.3. The number of urea groups is 1. The minimum absolute atomic E-state index is 0.246. The van der Waals surface area contributed by atoms with E-state index in [4.69, 9.17) is 21.1 Å². The summed E-state index contributed by atoms with van der Waals surface area (Å²) < 4.78 is 51.9. The van der Waals surface area contributed by atoms with Crippen molar-refractivity contribution < 1.29 is 37.0 Å². The number of amides is 4. The van der Waals surface area contributed by atoms with E-state index >= 15 is 0 Å². The monoisotopic (exact) mass is 622 g/mol. The standard InChI is InChI=1S/C27H19BrClF3N2O5/c1-2-38-22-12-16(11-19(28)23(22)39-14-15-6-4-3-5-7-15)10-18-24(35)33-26(37)34(25(18)36)21-13-17(27(30,31)32)8-9-20(21)29/h3-13H,2,14H2,1H3,(H,33,35,37)/b18-10+. The van der Waals surface area contributed by atoms with Crippen molar-refractivity contribution in [1.29, 1.82) is 0 Å². The van der Waals surface area contributed by atoms with Gasteiger partial charge in [-0.2, -0.15) is 13.2 Å². The van der Waals surface area contributed by atoms with Crippen LogP contribution in [0, 0.1) is 0 Å². The summed E-state index contributed by atoms with van der Waals surface area (Å²) in [4.78, 5) is 38.8. The molecule has 0 saturated carbocycles. The van der Waals surface area contributed by atoms with E-state index in [9.17, 15) is 27.6 Å². The Labute approximate surface area is 234 Å². The van der Waals surface area contributed by atoms with Crippen LogP contribution in [0.1, 0.15) is 23.6 Å². The van der Waals surface area contributed by atoms with Crippen molar-refractivity contribution in [2.24, 2.45) is 0 Å². The van der Waals surface area contributed by atoms with Gasteiger partial charge in [0.15, 0.2) is 11.5 Å². The SMILES string of the molecule is CCOc1cc(/C=C2\C(=O)NC(=O)N(c3cc(C(F)(F)F)ccc3Cl)C2=O)cc(Br)c1OCc1ccccc1. The predicted molar refractivity (Wildman–Crippen MR) is 142 cm³/mol. The second-order valence-corrected chi connectivity index (χ2v) is 9.42. The number of benzene rings is 3. The molecule has 4 rings (SSSR count). The van der Waals surface area contributed by atoms with Gasteiger partial charge in [-0.3, -0.25) is 14.9 Å². The molecule has 39 heavy (non-hydrogen) atoms. The first-order valence-electron chi connectivity index (χ1n) is 11.4. The lowest BCUT2D eigenvalue weighted by Gasteiger charge is -2.27. The molecule has 0 atom stereocenters. The van der Waals surface area contributed by atoms with Gasteiger partial charge in [0.1, 0.15) is 12.2 Å². The van der Waals surface area contributed by atoms with Crippen LogP contribution in [0.2, 0.25) is 5.02 Å². The molecule has 0 aliphatic carbocycles. The van der Waals surface area contributed by atoms with Crippen LogP contribution in [0.25, 0.3) is 6.08 Å². The van der Waals surface area contributed by atoms with E-state index in [-0.39, 0.29) is 18.2 Å². The second kappa shape index (κ2) is 11.5. The van der Waals surface area contributed by atoms with Crippen molar-refractivity contribution in [2.75, 3.05) is 11.5 Å². The maximum absolute atomic E-state index is 13.3. The number of halogens is 5. The number of rotatable bonds is 7. The zero-order valence-electron chi connectivity index (χ0n) is 20.1. The normalized spacial score (nSPS) is 15.0. The smallest absolute Gasteiger partial charge is 0.416 e. The van der Waals surface area contributed by atoms with Crippen molar-refractivity contribution >= 4 is 57.1 Å². The van der Waals surface area contributed by atoms with E-state index in [0.29, 0.717) is 38.6 Å². The largest absolute Gasteiger partial charge is 0.490 e. The molecule has 3 aromatic rings. The van der Waals surface area contributed by atoms with Crippen LogP contribution in [-0.4, -0.2) is 24.5 Å². The summed E-state index contributed by atoms with van der Waals surface area (Å²) in [5, 5.41) is 1.68.